The van der Waals surface area contributed by atoms with Crippen molar-refractivity contribution in [3.63, 3.8) is 0 Å². The van der Waals surface area contributed by atoms with Crippen LogP contribution in [0.1, 0.15) is 11.5 Å². The van der Waals surface area contributed by atoms with E-state index in [1.54, 1.807) is 13.0 Å². The number of hydrogen-bond donors (Lipinski definition) is 0. The van der Waals surface area contributed by atoms with Crippen LogP contribution in [-0.2, 0) is 0 Å². The molecule has 0 saturated carbocycles. The first-order valence-electron chi connectivity index (χ1n) is 4.83. The summed E-state index contributed by atoms with van der Waals surface area (Å²) in [5.41, 5.74) is 1.72. The van der Waals surface area contributed by atoms with Gasteiger partial charge in [-0.3, -0.25) is 0 Å². The van der Waals surface area contributed by atoms with Crippen LogP contribution in [0.3, 0.4) is 0 Å². The Morgan fingerprint density at radius 2 is 1.50 bits per heavy atom. The maximum atomic E-state index is 13.0. The predicted molar refractivity (Wildman–Crippen MR) is 56.9 cm³/mol. The quantitative estimate of drug-likeness (QED) is 0.738. The van der Waals surface area contributed by atoms with Crippen LogP contribution in [0.25, 0.3) is 11.3 Å². The Balaban J connectivity index is 2.57. The van der Waals surface area contributed by atoms with Gasteiger partial charge in [-0.2, -0.15) is 0 Å². The van der Waals surface area contributed by atoms with E-state index in [-0.39, 0.29) is 0 Å². The van der Waals surface area contributed by atoms with E-state index in [0.717, 1.165) is 11.8 Å². The van der Waals surface area contributed by atoms with Crippen molar-refractivity contribution in [2.24, 2.45) is 0 Å². The Morgan fingerprint density at radius 3 is 2.06 bits per heavy atom. The van der Waals surface area contributed by atoms with E-state index in [1.807, 2.05) is 6.92 Å². The van der Waals surface area contributed by atoms with Crippen molar-refractivity contribution in [1.82, 2.24) is 9.97 Å². The van der Waals surface area contributed by atoms with Crippen molar-refractivity contribution >= 4 is 0 Å². The molecule has 0 unspecified atom stereocenters. The maximum Gasteiger partial charge on any atom is 0.126 e. The lowest BCUT2D eigenvalue weighted by Gasteiger charge is -2.04. The zero-order chi connectivity index (χ0) is 11.7. The van der Waals surface area contributed by atoms with E-state index >= 15 is 0 Å². The Labute approximate surface area is 92.0 Å². The van der Waals surface area contributed by atoms with Crippen LogP contribution in [0, 0.1) is 25.5 Å². The van der Waals surface area contributed by atoms with Gasteiger partial charge in [0.1, 0.15) is 17.5 Å². The minimum Gasteiger partial charge on any atom is -0.239 e. The molecule has 0 amide bonds. The molecule has 16 heavy (non-hydrogen) atoms. The van der Waals surface area contributed by atoms with E-state index in [1.165, 1.54) is 12.1 Å². The first kappa shape index (κ1) is 10.7. The highest BCUT2D eigenvalue weighted by atomic mass is 19.1. The topological polar surface area (TPSA) is 25.8 Å². The number of rotatable bonds is 1. The molecule has 0 aliphatic rings. The number of hydrogen-bond acceptors (Lipinski definition) is 2. The summed E-state index contributed by atoms with van der Waals surface area (Å²) in [4.78, 5) is 8.25. The zero-order valence-corrected chi connectivity index (χ0v) is 8.96. The monoisotopic (exact) mass is 220 g/mol. The predicted octanol–water partition coefficient (Wildman–Crippen LogP) is 3.04. The molecular weight excluding hydrogens is 210 g/mol. The van der Waals surface area contributed by atoms with Gasteiger partial charge in [0, 0.05) is 17.3 Å². The van der Waals surface area contributed by atoms with Crippen molar-refractivity contribution in [2.75, 3.05) is 0 Å². The fourth-order valence-electron chi connectivity index (χ4n) is 1.57. The molecule has 0 bridgehead atoms. The van der Waals surface area contributed by atoms with Gasteiger partial charge < -0.3 is 0 Å². The molecule has 2 nitrogen and oxygen atoms in total. The second-order valence-corrected chi connectivity index (χ2v) is 3.60. The summed E-state index contributed by atoms with van der Waals surface area (Å²) in [7, 11) is 0. The van der Waals surface area contributed by atoms with Crippen molar-refractivity contribution in [1.29, 1.82) is 0 Å². The Morgan fingerprint density at radius 1 is 0.875 bits per heavy atom. The fraction of sp³-hybridized carbons (Fsp3) is 0.167. The summed E-state index contributed by atoms with van der Waals surface area (Å²) in [5, 5.41) is 0. The van der Waals surface area contributed by atoms with Crippen LogP contribution in [0.2, 0.25) is 0 Å². The first-order valence-corrected chi connectivity index (χ1v) is 4.83. The number of halogens is 2. The second-order valence-electron chi connectivity index (χ2n) is 3.60. The van der Waals surface area contributed by atoms with Crippen LogP contribution in [-0.4, -0.2) is 9.97 Å². The lowest BCUT2D eigenvalue weighted by molar-refractivity contribution is 0.584. The van der Waals surface area contributed by atoms with E-state index in [0.29, 0.717) is 17.1 Å². The third kappa shape index (κ3) is 2.21. The Kier molecular flexibility index (Phi) is 2.64. The van der Waals surface area contributed by atoms with Gasteiger partial charge in [0.15, 0.2) is 0 Å². The molecule has 1 heterocycles. The van der Waals surface area contributed by atoms with Crippen LogP contribution in [0.4, 0.5) is 8.78 Å². The average Bonchev–Trinajstić information content (AvgIpc) is 2.14. The first-order chi connectivity index (χ1) is 7.54. The molecule has 82 valence electrons. The average molecular weight is 220 g/mol. The summed E-state index contributed by atoms with van der Waals surface area (Å²) in [6.45, 7) is 3.56. The van der Waals surface area contributed by atoms with Crippen LogP contribution in [0.15, 0.2) is 24.3 Å². The third-order valence-corrected chi connectivity index (χ3v) is 2.12. The molecule has 1 aromatic heterocycles. The summed E-state index contributed by atoms with van der Waals surface area (Å²) in [5.74, 6) is -0.632. The summed E-state index contributed by atoms with van der Waals surface area (Å²) < 4.78 is 26.1. The number of benzene rings is 1. The standard InChI is InChI=1S/C12H10F2N2/c1-7-3-12(16-8(2)15-7)9-4-10(13)6-11(14)5-9/h3-6H,1-2H3. The molecule has 0 spiro atoms. The summed E-state index contributed by atoms with van der Waals surface area (Å²) >= 11 is 0. The molecule has 0 N–H and O–H groups in total. The lowest BCUT2D eigenvalue weighted by atomic mass is 10.1. The minimum atomic E-state index is -0.607. The fourth-order valence-corrected chi connectivity index (χ4v) is 1.57. The van der Waals surface area contributed by atoms with Crippen molar-refractivity contribution in [3.05, 3.63) is 47.4 Å². The van der Waals surface area contributed by atoms with Gasteiger partial charge in [0.25, 0.3) is 0 Å². The van der Waals surface area contributed by atoms with Crippen LogP contribution >= 0.6 is 0 Å². The molecule has 0 aliphatic carbocycles. The van der Waals surface area contributed by atoms with Gasteiger partial charge in [0.2, 0.25) is 0 Å². The molecule has 0 atom stereocenters. The lowest BCUT2D eigenvalue weighted by Crippen LogP contribution is -1.94. The molecule has 0 saturated heterocycles. The van der Waals surface area contributed by atoms with Gasteiger partial charge >= 0.3 is 0 Å². The molecule has 0 radical (unpaired) electrons. The zero-order valence-electron chi connectivity index (χ0n) is 8.96. The third-order valence-electron chi connectivity index (χ3n) is 2.12. The second kappa shape index (κ2) is 3.96. The van der Waals surface area contributed by atoms with E-state index < -0.39 is 11.6 Å². The Bertz CT molecular complexity index is 449. The molecule has 2 aromatic rings. The van der Waals surface area contributed by atoms with Crippen molar-refractivity contribution in [2.45, 2.75) is 13.8 Å². The smallest absolute Gasteiger partial charge is 0.126 e. The number of aryl methyl sites for hydroxylation is 2. The molecule has 2 rings (SSSR count). The molecule has 0 aliphatic heterocycles. The molecule has 0 fully saturated rings. The SMILES string of the molecule is Cc1cc(-c2cc(F)cc(F)c2)nc(C)n1. The number of nitrogens with zero attached hydrogens (tertiary/aromatic N) is 2. The van der Waals surface area contributed by atoms with E-state index in [4.69, 9.17) is 0 Å². The summed E-state index contributed by atoms with van der Waals surface area (Å²) in [6.07, 6.45) is 0. The van der Waals surface area contributed by atoms with E-state index in [2.05, 4.69) is 9.97 Å². The highest BCUT2D eigenvalue weighted by Gasteiger charge is 2.06. The highest BCUT2D eigenvalue weighted by molar-refractivity contribution is 5.59. The highest BCUT2D eigenvalue weighted by Crippen LogP contribution is 2.20. The van der Waals surface area contributed by atoms with Gasteiger partial charge in [-0.25, -0.2) is 18.7 Å². The van der Waals surface area contributed by atoms with Crippen LogP contribution in [0.5, 0.6) is 0 Å². The van der Waals surface area contributed by atoms with Gasteiger partial charge in [0.05, 0.1) is 5.69 Å². The van der Waals surface area contributed by atoms with Crippen molar-refractivity contribution < 1.29 is 8.78 Å². The largest absolute Gasteiger partial charge is 0.239 e. The summed E-state index contributed by atoms with van der Waals surface area (Å²) in [6, 6.07) is 5.04. The molecular formula is C12H10F2N2. The maximum absolute atomic E-state index is 13.0. The molecule has 4 heteroatoms. The molecule has 1 aromatic carbocycles. The normalized spacial score (nSPS) is 10.5. The van der Waals surface area contributed by atoms with E-state index in [9.17, 15) is 8.78 Å². The van der Waals surface area contributed by atoms with Crippen molar-refractivity contribution in [3.8, 4) is 11.3 Å². The van der Waals surface area contributed by atoms with Crippen LogP contribution < -0.4 is 0 Å². The van der Waals surface area contributed by atoms with Gasteiger partial charge in [-0.05, 0) is 32.0 Å². The van der Waals surface area contributed by atoms with Gasteiger partial charge in [-0.1, -0.05) is 0 Å². The minimum absolute atomic E-state index is 0.422. The Hall–Kier alpha value is -1.84. The number of aromatic nitrogens is 2. The van der Waals surface area contributed by atoms with Gasteiger partial charge in [-0.15, -0.1) is 0 Å².